The van der Waals surface area contributed by atoms with Gasteiger partial charge in [0.15, 0.2) is 5.76 Å². The van der Waals surface area contributed by atoms with E-state index in [4.69, 9.17) is 4.42 Å². The van der Waals surface area contributed by atoms with E-state index >= 15 is 0 Å². The van der Waals surface area contributed by atoms with Crippen LogP contribution in [0, 0.1) is 6.92 Å². The molecule has 0 radical (unpaired) electrons. The summed E-state index contributed by atoms with van der Waals surface area (Å²) in [5.74, 6) is 1.74. The first kappa shape index (κ1) is 14.6. The molecule has 116 valence electrons. The van der Waals surface area contributed by atoms with Gasteiger partial charge in [-0.15, -0.1) is 0 Å². The molecular formula is C16H21N5O. The summed E-state index contributed by atoms with van der Waals surface area (Å²) in [6.07, 6.45) is 7.96. The zero-order valence-corrected chi connectivity index (χ0v) is 13.0. The average Bonchev–Trinajstić information content (AvgIpc) is 3.20. The molecule has 0 aliphatic rings. The number of nitrogens with one attached hydrogen (secondary N) is 2. The summed E-state index contributed by atoms with van der Waals surface area (Å²) < 4.78 is 7.49. The largest absolute Gasteiger partial charge is 0.460 e. The first-order valence-corrected chi connectivity index (χ1v) is 7.49. The molecule has 2 N–H and O–H groups in total. The number of hydrogen-bond donors (Lipinski definition) is 2. The average molecular weight is 299 g/mol. The number of aryl methyl sites for hydroxylation is 3. The molecule has 3 rings (SSSR count). The molecular weight excluding hydrogens is 278 g/mol. The Labute approximate surface area is 129 Å². The second kappa shape index (κ2) is 6.62. The van der Waals surface area contributed by atoms with Crippen LogP contribution >= 0.6 is 0 Å². The van der Waals surface area contributed by atoms with Gasteiger partial charge in [0.05, 0.1) is 12.4 Å². The van der Waals surface area contributed by atoms with E-state index in [0.29, 0.717) is 0 Å². The van der Waals surface area contributed by atoms with Crippen LogP contribution in [0.25, 0.3) is 11.5 Å². The maximum Gasteiger partial charge on any atom is 0.152 e. The minimum atomic E-state index is 0.776. The number of aromatic amines is 1. The van der Waals surface area contributed by atoms with Gasteiger partial charge in [-0.2, -0.15) is 10.2 Å². The SMILES string of the molecule is Cc1ccc(-c2[nH]ncc2CNCCCc2cnn(C)c2)o1. The highest BCUT2D eigenvalue weighted by Gasteiger charge is 2.10. The second-order valence-electron chi connectivity index (χ2n) is 5.48. The standard InChI is InChI=1S/C16H21N5O/c1-12-5-6-15(22-12)16-14(10-18-20-16)9-17-7-3-4-13-8-19-21(2)11-13/h5-6,8,10-11,17H,3-4,7,9H2,1-2H3,(H,18,20). The van der Waals surface area contributed by atoms with Crippen LogP contribution in [-0.2, 0) is 20.0 Å². The third kappa shape index (κ3) is 3.46. The molecule has 6 nitrogen and oxygen atoms in total. The molecule has 3 aromatic heterocycles. The van der Waals surface area contributed by atoms with Gasteiger partial charge in [0.1, 0.15) is 11.5 Å². The van der Waals surface area contributed by atoms with E-state index in [-0.39, 0.29) is 0 Å². The molecule has 0 amide bonds. The van der Waals surface area contributed by atoms with E-state index in [2.05, 4.69) is 26.8 Å². The molecule has 0 saturated carbocycles. The quantitative estimate of drug-likeness (QED) is 0.657. The van der Waals surface area contributed by atoms with Crippen LogP contribution in [-0.4, -0.2) is 26.5 Å². The van der Waals surface area contributed by atoms with Gasteiger partial charge in [0.25, 0.3) is 0 Å². The minimum absolute atomic E-state index is 0.776. The van der Waals surface area contributed by atoms with Gasteiger partial charge in [-0.25, -0.2) is 0 Å². The Kier molecular flexibility index (Phi) is 4.39. The lowest BCUT2D eigenvalue weighted by Crippen LogP contribution is -2.15. The first-order valence-electron chi connectivity index (χ1n) is 7.49. The second-order valence-corrected chi connectivity index (χ2v) is 5.48. The predicted molar refractivity (Wildman–Crippen MR) is 84.3 cm³/mol. The highest BCUT2D eigenvalue weighted by molar-refractivity contribution is 5.56. The smallest absolute Gasteiger partial charge is 0.152 e. The Hall–Kier alpha value is -2.34. The Bertz CT molecular complexity index is 724. The monoisotopic (exact) mass is 299 g/mol. The van der Waals surface area contributed by atoms with E-state index in [1.165, 1.54) is 5.56 Å². The van der Waals surface area contributed by atoms with Crippen molar-refractivity contribution in [3.05, 3.63) is 47.6 Å². The van der Waals surface area contributed by atoms with Gasteiger partial charge in [-0.05, 0) is 44.0 Å². The van der Waals surface area contributed by atoms with E-state index in [0.717, 1.165) is 48.7 Å². The van der Waals surface area contributed by atoms with Crippen LogP contribution < -0.4 is 5.32 Å². The van der Waals surface area contributed by atoms with E-state index in [1.807, 2.05) is 43.2 Å². The number of aromatic nitrogens is 4. The Morgan fingerprint density at radius 1 is 1.32 bits per heavy atom. The molecule has 0 unspecified atom stereocenters. The number of H-pyrrole nitrogens is 1. The van der Waals surface area contributed by atoms with Gasteiger partial charge in [-0.3, -0.25) is 9.78 Å². The van der Waals surface area contributed by atoms with E-state index in [1.54, 1.807) is 0 Å². The van der Waals surface area contributed by atoms with Crippen LogP contribution in [0.3, 0.4) is 0 Å². The molecule has 0 spiro atoms. The summed E-state index contributed by atoms with van der Waals surface area (Å²) in [6, 6.07) is 3.93. The zero-order valence-electron chi connectivity index (χ0n) is 13.0. The molecule has 3 aromatic rings. The lowest BCUT2D eigenvalue weighted by atomic mass is 10.2. The molecule has 0 saturated heterocycles. The van der Waals surface area contributed by atoms with Crippen molar-refractivity contribution in [1.29, 1.82) is 0 Å². The summed E-state index contributed by atoms with van der Waals surface area (Å²) in [6.45, 7) is 3.67. The maximum absolute atomic E-state index is 5.65. The third-order valence-corrected chi connectivity index (χ3v) is 3.60. The van der Waals surface area contributed by atoms with E-state index in [9.17, 15) is 0 Å². The molecule has 0 aliphatic carbocycles. The van der Waals surface area contributed by atoms with Gasteiger partial charge in [0.2, 0.25) is 0 Å². The fourth-order valence-corrected chi connectivity index (χ4v) is 2.47. The van der Waals surface area contributed by atoms with Crippen LogP contribution in [0.15, 0.2) is 35.1 Å². The topological polar surface area (TPSA) is 71.7 Å². The van der Waals surface area contributed by atoms with Gasteiger partial charge < -0.3 is 9.73 Å². The van der Waals surface area contributed by atoms with Crippen LogP contribution in [0.1, 0.15) is 23.3 Å². The lowest BCUT2D eigenvalue weighted by molar-refractivity contribution is 0.545. The van der Waals surface area contributed by atoms with Gasteiger partial charge >= 0.3 is 0 Å². The first-order chi connectivity index (χ1) is 10.7. The molecule has 0 atom stereocenters. The van der Waals surface area contributed by atoms with Crippen molar-refractivity contribution in [3.63, 3.8) is 0 Å². The predicted octanol–water partition coefficient (Wildman–Crippen LogP) is 2.43. The lowest BCUT2D eigenvalue weighted by Gasteiger charge is -2.04. The van der Waals surface area contributed by atoms with Crippen molar-refractivity contribution in [2.75, 3.05) is 6.54 Å². The summed E-state index contributed by atoms with van der Waals surface area (Å²) in [7, 11) is 1.94. The van der Waals surface area contributed by atoms with Crippen molar-refractivity contribution in [2.45, 2.75) is 26.3 Å². The van der Waals surface area contributed by atoms with Crippen molar-refractivity contribution in [2.24, 2.45) is 7.05 Å². The number of furan rings is 1. The van der Waals surface area contributed by atoms with Crippen molar-refractivity contribution in [1.82, 2.24) is 25.3 Å². The molecule has 3 heterocycles. The Morgan fingerprint density at radius 3 is 2.95 bits per heavy atom. The van der Waals surface area contributed by atoms with Gasteiger partial charge in [0, 0.05) is 25.4 Å². The van der Waals surface area contributed by atoms with Gasteiger partial charge in [-0.1, -0.05) is 0 Å². The summed E-state index contributed by atoms with van der Waals surface area (Å²) >= 11 is 0. The number of rotatable bonds is 7. The van der Waals surface area contributed by atoms with Crippen molar-refractivity contribution >= 4 is 0 Å². The Balaban J connectivity index is 1.47. The molecule has 22 heavy (non-hydrogen) atoms. The molecule has 0 fully saturated rings. The molecule has 0 aromatic carbocycles. The summed E-state index contributed by atoms with van der Waals surface area (Å²) in [4.78, 5) is 0. The van der Waals surface area contributed by atoms with Crippen molar-refractivity contribution < 1.29 is 4.42 Å². The fraction of sp³-hybridized carbons (Fsp3) is 0.375. The van der Waals surface area contributed by atoms with Crippen LogP contribution in [0.4, 0.5) is 0 Å². The Morgan fingerprint density at radius 2 is 2.23 bits per heavy atom. The van der Waals surface area contributed by atoms with E-state index < -0.39 is 0 Å². The normalized spacial score (nSPS) is 11.2. The summed E-state index contributed by atoms with van der Waals surface area (Å²) in [5, 5.41) is 14.8. The summed E-state index contributed by atoms with van der Waals surface area (Å²) in [5.41, 5.74) is 3.35. The number of nitrogens with zero attached hydrogens (tertiary/aromatic N) is 3. The van der Waals surface area contributed by atoms with Crippen molar-refractivity contribution in [3.8, 4) is 11.5 Å². The number of hydrogen-bond acceptors (Lipinski definition) is 4. The maximum atomic E-state index is 5.65. The van der Waals surface area contributed by atoms with Crippen LogP contribution in [0.5, 0.6) is 0 Å². The minimum Gasteiger partial charge on any atom is -0.460 e. The highest BCUT2D eigenvalue weighted by Crippen LogP contribution is 2.23. The molecule has 0 aliphatic heterocycles. The third-order valence-electron chi connectivity index (χ3n) is 3.60. The molecule has 0 bridgehead atoms. The van der Waals surface area contributed by atoms with Crippen LogP contribution in [0.2, 0.25) is 0 Å². The zero-order chi connectivity index (χ0) is 15.4. The molecule has 6 heteroatoms. The highest BCUT2D eigenvalue weighted by atomic mass is 16.3. The fourth-order valence-electron chi connectivity index (χ4n) is 2.47.